The molecular formula is C15H24N4O3. The number of aromatic nitrogens is 2. The van der Waals surface area contributed by atoms with E-state index in [2.05, 4.69) is 22.0 Å². The van der Waals surface area contributed by atoms with Gasteiger partial charge >= 0.3 is 0 Å². The molecule has 7 heteroatoms. The second-order valence-electron chi connectivity index (χ2n) is 6.08. The molecule has 0 aromatic carbocycles. The lowest BCUT2D eigenvalue weighted by atomic mass is 9.94. The first-order valence-corrected chi connectivity index (χ1v) is 8.05. The Bertz CT molecular complexity index is 505. The summed E-state index contributed by atoms with van der Waals surface area (Å²) >= 11 is 0. The Hall–Kier alpha value is -1.47. The average molecular weight is 308 g/mol. The lowest BCUT2D eigenvalue weighted by Crippen LogP contribution is -2.47. The fraction of sp³-hybridized carbons (Fsp3) is 0.800. The van der Waals surface area contributed by atoms with Gasteiger partial charge in [-0.3, -0.25) is 9.69 Å². The highest BCUT2D eigenvalue weighted by Gasteiger charge is 2.32. The molecule has 2 aliphatic rings. The van der Waals surface area contributed by atoms with Gasteiger partial charge in [-0.05, 0) is 32.9 Å². The molecule has 0 aliphatic carbocycles. The molecule has 2 aliphatic heterocycles. The molecule has 22 heavy (non-hydrogen) atoms. The van der Waals surface area contributed by atoms with Gasteiger partial charge in [-0.15, -0.1) is 10.2 Å². The van der Waals surface area contributed by atoms with Crippen molar-refractivity contribution in [3.63, 3.8) is 0 Å². The fourth-order valence-corrected chi connectivity index (χ4v) is 3.21. The number of hydrogen-bond donors (Lipinski definition) is 0. The molecule has 1 atom stereocenters. The number of likely N-dealkylation sites (tertiary alicyclic amines) is 1. The SMILES string of the molecule is Cc1nnc([C@@H](C)N2CCC(C(=O)N3CCOCC3)CC2)o1. The van der Waals surface area contributed by atoms with Crippen LogP contribution in [0.2, 0.25) is 0 Å². The highest BCUT2D eigenvalue weighted by Crippen LogP contribution is 2.27. The van der Waals surface area contributed by atoms with Crippen LogP contribution < -0.4 is 0 Å². The van der Waals surface area contributed by atoms with E-state index in [1.807, 2.05) is 4.90 Å². The molecule has 1 aromatic rings. The van der Waals surface area contributed by atoms with Crippen LogP contribution in [0.15, 0.2) is 4.42 Å². The van der Waals surface area contributed by atoms with Crippen LogP contribution in [0.25, 0.3) is 0 Å². The molecule has 3 heterocycles. The van der Waals surface area contributed by atoms with Crippen LogP contribution in [0.3, 0.4) is 0 Å². The molecule has 0 N–H and O–H groups in total. The molecule has 0 bridgehead atoms. The van der Waals surface area contributed by atoms with E-state index in [1.54, 1.807) is 6.92 Å². The molecule has 0 radical (unpaired) electrons. The standard InChI is InChI=1S/C15H24N4O3/c1-11(14-17-16-12(2)22-14)18-5-3-13(4-6-18)15(20)19-7-9-21-10-8-19/h11,13H,3-10H2,1-2H3/t11-/m1/s1. The van der Waals surface area contributed by atoms with Gasteiger partial charge in [0.15, 0.2) is 0 Å². The van der Waals surface area contributed by atoms with Gasteiger partial charge in [0.1, 0.15) is 0 Å². The van der Waals surface area contributed by atoms with Crippen LogP contribution >= 0.6 is 0 Å². The molecule has 122 valence electrons. The zero-order valence-corrected chi connectivity index (χ0v) is 13.3. The summed E-state index contributed by atoms with van der Waals surface area (Å²) in [5.74, 6) is 1.70. The maximum atomic E-state index is 12.5. The van der Waals surface area contributed by atoms with Crippen molar-refractivity contribution < 1.29 is 13.9 Å². The molecule has 2 saturated heterocycles. The van der Waals surface area contributed by atoms with Crippen LogP contribution in [0.5, 0.6) is 0 Å². The molecule has 0 spiro atoms. The van der Waals surface area contributed by atoms with Gasteiger partial charge in [-0.1, -0.05) is 0 Å². The highest BCUT2D eigenvalue weighted by molar-refractivity contribution is 5.79. The molecule has 3 rings (SSSR count). The highest BCUT2D eigenvalue weighted by atomic mass is 16.5. The van der Waals surface area contributed by atoms with Crippen LogP contribution in [0.4, 0.5) is 0 Å². The van der Waals surface area contributed by atoms with E-state index in [0.29, 0.717) is 30.9 Å². The minimum absolute atomic E-state index is 0.112. The van der Waals surface area contributed by atoms with Crippen molar-refractivity contribution in [3.05, 3.63) is 11.8 Å². The number of carbonyl (C=O) groups excluding carboxylic acids is 1. The Labute approximate surface area is 130 Å². The van der Waals surface area contributed by atoms with Crippen molar-refractivity contribution in [1.29, 1.82) is 0 Å². The lowest BCUT2D eigenvalue weighted by Gasteiger charge is -2.37. The van der Waals surface area contributed by atoms with Crippen molar-refractivity contribution in [3.8, 4) is 0 Å². The van der Waals surface area contributed by atoms with Crippen molar-refractivity contribution in [2.75, 3.05) is 39.4 Å². The molecule has 1 amide bonds. The minimum Gasteiger partial charge on any atom is -0.424 e. The van der Waals surface area contributed by atoms with Gasteiger partial charge < -0.3 is 14.1 Å². The Balaban J connectivity index is 1.52. The average Bonchev–Trinajstić information content (AvgIpc) is 3.01. The third-order valence-electron chi connectivity index (χ3n) is 4.65. The summed E-state index contributed by atoms with van der Waals surface area (Å²) in [6, 6.07) is 0.112. The molecule has 2 fully saturated rings. The van der Waals surface area contributed by atoms with Gasteiger partial charge in [-0.2, -0.15) is 0 Å². The van der Waals surface area contributed by atoms with Gasteiger partial charge in [-0.25, -0.2) is 0 Å². The minimum atomic E-state index is 0.112. The van der Waals surface area contributed by atoms with Gasteiger partial charge in [0.2, 0.25) is 17.7 Å². The van der Waals surface area contributed by atoms with Crippen molar-refractivity contribution in [2.24, 2.45) is 5.92 Å². The molecule has 0 saturated carbocycles. The number of morpholine rings is 1. The second-order valence-corrected chi connectivity index (χ2v) is 6.08. The number of aryl methyl sites for hydroxylation is 1. The Morgan fingerprint density at radius 3 is 2.45 bits per heavy atom. The van der Waals surface area contributed by atoms with Crippen molar-refractivity contribution in [2.45, 2.75) is 32.7 Å². The fourth-order valence-electron chi connectivity index (χ4n) is 3.21. The summed E-state index contributed by atoms with van der Waals surface area (Å²) in [6.45, 7) is 8.46. The van der Waals surface area contributed by atoms with Crippen LogP contribution in [-0.2, 0) is 9.53 Å². The summed E-state index contributed by atoms with van der Waals surface area (Å²) in [5, 5.41) is 7.99. The first kappa shape index (κ1) is 15.4. The zero-order valence-electron chi connectivity index (χ0n) is 13.3. The third kappa shape index (κ3) is 3.30. The maximum Gasteiger partial charge on any atom is 0.233 e. The summed E-state index contributed by atoms with van der Waals surface area (Å²) in [4.78, 5) is 16.8. The predicted molar refractivity (Wildman–Crippen MR) is 79.1 cm³/mol. The van der Waals surface area contributed by atoms with Crippen LogP contribution in [0.1, 0.15) is 37.6 Å². The van der Waals surface area contributed by atoms with Crippen LogP contribution in [-0.4, -0.2) is 65.3 Å². The van der Waals surface area contributed by atoms with Gasteiger partial charge in [0.25, 0.3) is 0 Å². The molecule has 0 unspecified atom stereocenters. The number of rotatable bonds is 3. The number of carbonyl (C=O) groups is 1. The molecular weight excluding hydrogens is 284 g/mol. The van der Waals surface area contributed by atoms with E-state index in [1.165, 1.54) is 0 Å². The van der Waals surface area contributed by atoms with Crippen molar-refractivity contribution >= 4 is 5.91 Å². The first-order chi connectivity index (χ1) is 10.6. The summed E-state index contributed by atoms with van der Waals surface area (Å²) in [5.41, 5.74) is 0. The predicted octanol–water partition coefficient (Wildman–Crippen LogP) is 1.01. The van der Waals surface area contributed by atoms with E-state index in [9.17, 15) is 4.79 Å². The quantitative estimate of drug-likeness (QED) is 0.830. The smallest absolute Gasteiger partial charge is 0.233 e. The largest absolute Gasteiger partial charge is 0.424 e. The van der Waals surface area contributed by atoms with E-state index >= 15 is 0 Å². The summed E-state index contributed by atoms with van der Waals surface area (Å²) in [7, 11) is 0. The van der Waals surface area contributed by atoms with Crippen LogP contribution in [0, 0.1) is 12.8 Å². The van der Waals surface area contributed by atoms with Crippen molar-refractivity contribution in [1.82, 2.24) is 20.0 Å². The summed E-state index contributed by atoms with van der Waals surface area (Å²) < 4.78 is 10.8. The lowest BCUT2D eigenvalue weighted by molar-refractivity contribution is -0.141. The topological polar surface area (TPSA) is 71.7 Å². The number of hydrogen-bond acceptors (Lipinski definition) is 6. The Kier molecular flexibility index (Phi) is 4.73. The molecule has 1 aromatic heterocycles. The first-order valence-electron chi connectivity index (χ1n) is 8.05. The Morgan fingerprint density at radius 1 is 1.18 bits per heavy atom. The molecule has 7 nitrogen and oxygen atoms in total. The third-order valence-corrected chi connectivity index (χ3v) is 4.65. The van der Waals surface area contributed by atoms with E-state index < -0.39 is 0 Å². The van der Waals surface area contributed by atoms with E-state index in [4.69, 9.17) is 9.15 Å². The van der Waals surface area contributed by atoms with E-state index in [0.717, 1.165) is 39.0 Å². The van der Waals surface area contributed by atoms with Gasteiger partial charge in [0, 0.05) is 25.9 Å². The second kappa shape index (κ2) is 6.75. The Morgan fingerprint density at radius 2 is 1.86 bits per heavy atom. The monoisotopic (exact) mass is 308 g/mol. The van der Waals surface area contributed by atoms with E-state index in [-0.39, 0.29) is 12.0 Å². The summed E-state index contributed by atoms with van der Waals surface area (Å²) in [6.07, 6.45) is 1.79. The number of piperidine rings is 1. The normalized spacial score (nSPS) is 22.7. The number of ether oxygens (including phenoxy) is 1. The number of nitrogens with zero attached hydrogens (tertiary/aromatic N) is 4. The maximum absolute atomic E-state index is 12.5. The zero-order chi connectivity index (χ0) is 15.5. The number of amides is 1. The van der Waals surface area contributed by atoms with Gasteiger partial charge in [0.05, 0.1) is 19.3 Å².